The van der Waals surface area contributed by atoms with Gasteiger partial charge < -0.3 is 0 Å². The van der Waals surface area contributed by atoms with E-state index in [0.717, 1.165) is 16.3 Å². The lowest BCUT2D eigenvalue weighted by atomic mass is 10.1. The molecule has 1 nitrogen and oxygen atoms in total. The third-order valence-corrected chi connectivity index (χ3v) is 3.68. The van der Waals surface area contributed by atoms with Crippen LogP contribution in [-0.4, -0.2) is 4.98 Å². The number of aromatic nitrogens is 1. The predicted molar refractivity (Wildman–Crippen MR) is 66.9 cm³/mol. The Hall–Kier alpha value is -0.570. The molecule has 4 heteroatoms. The smallest absolute Gasteiger partial charge is 0.125 e. The summed E-state index contributed by atoms with van der Waals surface area (Å²) < 4.78 is 0.682. The van der Waals surface area contributed by atoms with Crippen molar-refractivity contribution in [1.29, 1.82) is 0 Å². The van der Waals surface area contributed by atoms with Crippen LogP contribution in [0.2, 0.25) is 4.34 Å². The summed E-state index contributed by atoms with van der Waals surface area (Å²) in [7, 11) is 0. The monoisotopic (exact) mass is 257 g/mol. The van der Waals surface area contributed by atoms with Gasteiger partial charge in [-0.1, -0.05) is 35.4 Å². The summed E-state index contributed by atoms with van der Waals surface area (Å²) in [6.45, 7) is 2.06. The Bertz CT molecular complexity index is 479. The molecule has 0 N–H and O–H groups in total. The van der Waals surface area contributed by atoms with Gasteiger partial charge in [-0.15, -0.1) is 22.9 Å². The van der Waals surface area contributed by atoms with Gasteiger partial charge in [0.2, 0.25) is 0 Å². The standard InChI is InChI=1S/C11H9Cl2NS/c1-7-3-2-4-8(5-7)11-14-9(6-12)10(13)15-11/h2-5H,6H2,1H3. The number of benzene rings is 1. The fraction of sp³-hybridized carbons (Fsp3) is 0.182. The molecule has 0 aliphatic carbocycles. The van der Waals surface area contributed by atoms with Crippen LogP contribution in [0, 0.1) is 6.92 Å². The van der Waals surface area contributed by atoms with Crippen molar-refractivity contribution >= 4 is 34.5 Å². The molecular formula is C11H9Cl2NS. The number of rotatable bonds is 2. The highest BCUT2D eigenvalue weighted by molar-refractivity contribution is 7.19. The fourth-order valence-electron chi connectivity index (χ4n) is 1.32. The molecule has 1 heterocycles. The van der Waals surface area contributed by atoms with E-state index < -0.39 is 0 Å². The molecule has 0 radical (unpaired) electrons. The van der Waals surface area contributed by atoms with Crippen LogP contribution in [0.4, 0.5) is 0 Å². The number of thiazole rings is 1. The van der Waals surface area contributed by atoms with Crippen LogP contribution in [0.25, 0.3) is 10.6 Å². The lowest BCUT2D eigenvalue weighted by Crippen LogP contribution is -1.80. The Morgan fingerprint density at radius 2 is 2.20 bits per heavy atom. The zero-order valence-corrected chi connectivity index (χ0v) is 10.5. The average molecular weight is 258 g/mol. The summed E-state index contributed by atoms with van der Waals surface area (Å²) in [4.78, 5) is 4.39. The lowest BCUT2D eigenvalue weighted by molar-refractivity contribution is 1.23. The second-order valence-electron chi connectivity index (χ2n) is 3.24. The molecule has 78 valence electrons. The third kappa shape index (κ3) is 2.33. The van der Waals surface area contributed by atoms with E-state index in [1.165, 1.54) is 16.9 Å². The SMILES string of the molecule is Cc1cccc(-c2nc(CCl)c(Cl)s2)c1. The molecule has 0 spiro atoms. The van der Waals surface area contributed by atoms with Gasteiger partial charge in [0.25, 0.3) is 0 Å². The molecule has 0 unspecified atom stereocenters. The zero-order chi connectivity index (χ0) is 10.8. The van der Waals surface area contributed by atoms with Crippen LogP contribution in [0.1, 0.15) is 11.3 Å². The summed E-state index contributed by atoms with van der Waals surface area (Å²) in [5, 5.41) is 0.930. The van der Waals surface area contributed by atoms with E-state index in [1.54, 1.807) is 0 Å². The van der Waals surface area contributed by atoms with Gasteiger partial charge >= 0.3 is 0 Å². The molecule has 0 saturated carbocycles. The average Bonchev–Trinajstić information content (AvgIpc) is 2.60. The van der Waals surface area contributed by atoms with Crippen LogP contribution in [0.3, 0.4) is 0 Å². The van der Waals surface area contributed by atoms with Crippen LogP contribution >= 0.6 is 34.5 Å². The molecular weight excluding hydrogens is 249 g/mol. The molecule has 0 atom stereocenters. The van der Waals surface area contributed by atoms with Gasteiger partial charge in [0.15, 0.2) is 0 Å². The maximum Gasteiger partial charge on any atom is 0.125 e. The normalized spacial score (nSPS) is 10.6. The maximum absolute atomic E-state index is 6.01. The quantitative estimate of drug-likeness (QED) is 0.722. The molecule has 0 aliphatic heterocycles. The van der Waals surface area contributed by atoms with E-state index in [4.69, 9.17) is 23.2 Å². The molecule has 0 fully saturated rings. The van der Waals surface area contributed by atoms with Crippen molar-refractivity contribution in [3.05, 3.63) is 39.9 Å². The van der Waals surface area contributed by atoms with E-state index in [2.05, 4.69) is 24.0 Å². The highest BCUT2D eigenvalue weighted by atomic mass is 35.5. The number of hydrogen-bond donors (Lipinski definition) is 0. The minimum atomic E-state index is 0.362. The van der Waals surface area contributed by atoms with Crippen molar-refractivity contribution in [2.45, 2.75) is 12.8 Å². The summed E-state index contributed by atoms with van der Waals surface area (Å²) in [5.41, 5.74) is 3.07. The van der Waals surface area contributed by atoms with Crippen LogP contribution in [0.5, 0.6) is 0 Å². The van der Waals surface area contributed by atoms with Crippen molar-refractivity contribution in [3.8, 4) is 10.6 Å². The first-order valence-corrected chi connectivity index (χ1v) is 6.22. The zero-order valence-electron chi connectivity index (χ0n) is 8.13. The van der Waals surface area contributed by atoms with E-state index in [-0.39, 0.29) is 0 Å². The summed E-state index contributed by atoms with van der Waals surface area (Å²) >= 11 is 13.2. The predicted octanol–water partition coefficient (Wildman–Crippen LogP) is 4.51. The summed E-state index contributed by atoms with van der Waals surface area (Å²) in [6.07, 6.45) is 0. The van der Waals surface area contributed by atoms with Crippen LogP contribution in [0.15, 0.2) is 24.3 Å². The fourth-order valence-corrected chi connectivity index (χ4v) is 2.79. The van der Waals surface area contributed by atoms with Gasteiger partial charge in [0.1, 0.15) is 9.34 Å². The van der Waals surface area contributed by atoms with Gasteiger partial charge in [0, 0.05) is 5.56 Å². The number of hydrogen-bond acceptors (Lipinski definition) is 2. The summed E-state index contributed by atoms with van der Waals surface area (Å²) in [6, 6.07) is 8.19. The third-order valence-electron chi connectivity index (χ3n) is 2.04. The van der Waals surface area contributed by atoms with Crippen molar-refractivity contribution in [1.82, 2.24) is 4.98 Å². The van der Waals surface area contributed by atoms with Crippen molar-refractivity contribution in [2.75, 3.05) is 0 Å². The van der Waals surface area contributed by atoms with Crippen LogP contribution in [-0.2, 0) is 5.88 Å². The molecule has 0 saturated heterocycles. The Morgan fingerprint density at radius 3 is 2.80 bits per heavy atom. The summed E-state index contributed by atoms with van der Waals surface area (Å²) in [5.74, 6) is 0.362. The first kappa shape index (κ1) is 10.9. The Kier molecular flexibility index (Phi) is 3.29. The van der Waals surface area contributed by atoms with Crippen molar-refractivity contribution in [3.63, 3.8) is 0 Å². The molecule has 0 amide bonds. The molecule has 2 rings (SSSR count). The van der Waals surface area contributed by atoms with Gasteiger partial charge in [-0.25, -0.2) is 4.98 Å². The highest BCUT2D eigenvalue weighted by Gasteiger charge is 2.09. The van der Waals surface area contributed by atoms with Crippen molar-refractivity contribution < 1.29 is 0 Å². The second kappa shape index (κ2) is 4.52. The van der Waals surface area contributed by atoms with E-state index in [0.29, 0.717) is 10.2 Å². The maximum atomic E-state index is 6.01. The van der Waals surface area contributed by atoms with Crippen LogP contribution < -0.4 is 0 Å². The van der Waals surface area contributed by atoms with E-state index in [1.807, 2.05) is 12.1 Å². The number of halogens is 2. The molecule has 0 aliphatic rings. The highest BCUT2D eigenvalue weighted by Crippen LogP contribution is 2.32. The first-order chi connectivity index (χ1) is 7.20. The number of alkyl halides is 1. The molecule has 1 aromatic heterocycles. The Morgan fingerprint density at radius 1 is 1.40 bits per heavy atom. The largest absolute Gasteiger partial charge is 0.238 e. The topological polar surface area (TPSA) is 12.9 Å². The Balaban J connectivity index is 2.45. The minimum absolute atomic E-state index is 0.362. The van der Waals surface area contributed by atoms with Gasteiger partial charge in [-0.3, -0.25) is 0 Å². The first-order valence-electron chi connectivity index (χ1n) is 4.49. The van der Waals surface area contributed by atoms with E-state index in [9.17, 15) is 0 Å². The molecule has 15 heavy (non-hydrogen) atoms. The Labute approximate surface area is 103 Å². The van der Waals surface area contributed by atoms with Gasteiger partial charge in [-0.05, 0) is 13.0 Å². The number of nitrogens with zero attached hydrogens (tertiary/aromatic N) is 1. The lowest BCUT2D eigenvalue weighted by Gasteiger charge is -1.96. The minimum Gasteiger partial charge on any atom is -0.238 e. The van der Waals surface area contributed by atoms with E-state index >= 15 is 0 Å². The van der Waals surface area contributed by atoms with Crippen molar-refractivity contribution in [2.24, 2.45) is 0 Å². The van der Waals surface area contributed by atoms with Gasteiger partial charge in [-0.2, -0.15) is 0 Å². The number of aryl methyl sites for hydroxylation is 1. The van der Waals surface area contributed by atoms with Gasteiger partial charge in [0.05, 0.1) is 11.6 Å². The molecule has 2 aromatic rings. The molecule has 0 bridgehead atoms. The second-order valence-corrected chi connectivity index (χ2v) is 5.11. The molecule has 1 aromatic carbocycles.